The number of amides is 1. The van der Waals surface area contributed by atoms with Gasteiger partial charge in [0.25, 0.3) is 5.91 Å². The highest BCUT2D eigenvalue weighted by Crippen LogP contribution is 2.36. The third-order valence-corrected chi connectivity index (χ3v) is 4.42. The van der Waals surface area contributed by atoms with Crippen molar-refractivity contribution in [2.45, 2.75) is 32.6 Å². The van der Waals surface area contributed by atoms with Crippen molar-refractivity contribution in [1.29, 1.82) is 0 Å². The molecule has 1 fully saturated rings. The fourth-order valence-electron chi connectivity index (χ4n) is 2.72. The van der Waals surface area contributed by atoms with Crippen LogP contribution in [0.15, 0.2) is 18.2 Å². The van der Waals surface area contributed by atoms with E-state index in [2.05, 4.69) is 5.32 Å². The lowest BCUT2D eigenvalue weighted by Crippen LogP contribution is -2.40. The Morgan fingerprint density at radius 1 is 1.43 bits per heavy atom. The third kappa shape index (κ3) is 4.35. The maximum atomic E-state index is 11.9. The minimum Gasteiger partial charge on any atom is -0.482 e. The van der Waals surface area contributed by atoms with Gasteiger partial charge < -0.3 is 15.2 Å². The summed E-state index contributed by atoms with van der Waals surface area (Å²) in [5.74, 6) is 0.330. The molecule has 1 amide bonds. The van der Waals surface area contributed by atoms with Crippen LogP contribution in [0.25, 0.3) is 0 Å². The zero-order valence-corrected chi connectivity index (χ0v) is 13.1. The summed E-state index contributed by atoms with van der Waals surface area (Å²) < 4.78 is 5.45. The number of benzene rings is 1. The Kier molecular flexibility index (Phi) is 5.48. The molecule has 0 atom stereocenters. The maximum Gasteiger partial charge on any atom is 0.257 e. The first-order chi connectivity index (χ1) is 10.0. The number of hydrogen-bond donors (Lipinski definition) is 2. The number of nitrogens with one attached hydrogen (secondary N) is 1. The Labute approximate surface area is 130 Å². The molecule has 0 unspecified atom stereocenters. The minimum absolute atomic E-state index is 0.0648. The van der Waals surface area contributed by atoms with Crippen LogP contribution >= 0.6 is 11.6 Å². The lowest BCUT2D eigenvalue weighted by molar-refractivity contribution is -0.123. The van der Waals surface area contributed by atoms with Crippen molar-refractivity contribution in [1.82, 2.24) is 5.32 Å². The van der Waals surface area contributed by atoms with E-state index in [1.165, 1.54) is 0 Å². The van der Waals surface area contributed by atoms with Gasteiger partial charge in [-0.2, -0.15) is 0 Å². The van der Waals surface area contributed by atoms with E-state index in [4.69, 9.17) is 16.3 Å². The number of carbonyl (C=O) groups is 1. The fraction of sp³-hybridized carbons (Fsp3) is 0.562. The molecule has 0 aromatic heterocycles. The topological polar surface area (TPSA) is 58.6 Å². The van der Waals surface area contributed by atoms with Crippen molar-refractivity contribution >= 4 is 17.5 Å². The molecule has 2 N–H and O–H groups in total. The Morgan fingerprint density at radius 2 is 2.14 bits per heavy atom. The Morgan fingerprint density at radius 3 is 2.81 bits per heavy atom. The molecule has 2 rings (SSSR count). The van der Waals surface area contributed by atoms with Crippen LogP contribution in [0.4, 0.5) is 0 Å². The zero-order valence-electron chi connectivity index (χ0n) is 12.3. The molecule has 21 heavy (non-hydrogen) atoms. The van der Waals surface area contributed by atoms with Crippen LogP contribution in [-0.4, -0.2) is 30.8 Å². The number of aliphatic hydroxyl groups is 1. The highest BCUT2D eigenvalue weighted by Gasteiger charge is 2.33. The summed E-state index contributed by atoms with van der Waals surface area (Å²) in [6.45, 7) is 2.50. The molecule has 0 spiro atoms. The van der Waals surface area contributed by atoms with Crippen molar-refractivity contribution in [3.63, 3.8) is 0 Å². The number of aryl methyl sites for hydroxylation is 1. The largest absolute Gasteiger partial charge is 0.482 e. The molecule has 1 aliphatic rings. The van der Waals surface area contributed by atoms with Crippen LogP contribution in [0.5, 0.6) is 5.75 Å². The summed E-state index contributed by atoms with van der Waals surface area (Å²) in [6.07, 6.45) is 4.17. The van der Waals surface area contributed by atoms with Crippen LogP contribution in [0, 0.1) is 12.3 Å². The van der Waals surface area contributed by atoms with Gasteiger partial charge in [0, 0.05) is 12.0 Å². The summed E-state index contributed by atoms with van der Waals surface area (Å²) in [5.41, 5.74) is 0.886. The van der Waals surface area contributed by atoms with Crippen LogP contribution in [0.3, 0.4) is 0 Å². The summed E-state index contributed by atoms with van der Waals surface area (Å²) >= 11 is 6.02. The van der Waals surface area contributed by atoms with Crippen LogP contribution in [0.1, 0.15) is 31.2 Å². The van der Waals surface area contributed by atoms with Gasteiger partial charge in [-0.1, -0.05) is 30.5 Å². The van der Waals surface area contributed by atoms with Crippen molar-refractivity contribution < 1.29 is 14.6 Å². The van der Waals surface area contributed by atoms with Crippen molar-refractivity contribution in [3.8, 4) is 5.75 Å². The van der Waals surface area contributed by atoms with Gasteiger partial charge in [-0.25, -0.2) is 0 Å². The summed E-state index contributed by atoms with van der Waals surface area (Å²) in [6, 6.07) is 5.45. The van der Waals surface area contributed by atoms with Gasteiger partial charge in [0.15, 0.2) is 6.61 Å². The quantitative estimate of drug-likeness (QED) is 0.849. The molecule has 116 valence electrons. The molecule has 1 saturated carbocycles. The summed E-state index contributed by atoms with van der Waals surface area (Å²) in [7, 11) is 0. The third-order valence-electron chi connectivity index (χ3n) is 4.11. The highest BCUT2D eigenvalue weighted by atomic mass is 35.5. The molecule has 1 aromatic carbocycles. The van der Waals surface area contributed by atoms with Gasteiger partial charge in [0.2, 0.25) is 0 Å². The summed E-state index contributed by atoms with van der Waals surface area (Å²) in [5, 5.41) is 12.9. The fourth-order valence-corrected chi connectivity index (χ4v) is 2.89. The number of hydrogen-bond acceptors (Lipinski definition) is 3. The molecule has 0 radical (unpaired) electrons. The molecule has 0 aliphatic heterocycles. The molecular weight excluding hydrogens is 290 g/mol. The summed E-state index contributed by atoms with van der Waals surface area (Å²) in [4.78, 5) is 11.9. The Hall–Kier alpha value is -1.26. The second-order valence-corrected chi connectivity index (χ2v) is 6.27. The van der Waals surface area contributed by atoms with Crippen molar-refractivity contribution in [2.24, 2.45) is 5.41 Å². The number of rotatable bonds is 6. The second kappa shape index (κ2) is 7.14. The lowest BCUT2D eigenvalue weighted by Gasteiger charge is -2.26. The van der Waals surface area contributed by atoms with Crippen molar-refractivity contribution in [2.75, 3.05) is 19.8 Å². The maximum absolute atomic E-state index is 11.9. The average molecular weight is 312 g/mol. The first kappa shape index (κ1) is 16.1. The molecule has 4 nitrogen and oxygen atoms in total. The molecular formula is C16H22ClNO3. The molecule has 0 saturated heterocycles. The van der Waals surface area contributed by atoms with E-state index in [1.807, 2.05) is 19.1 Å². The smallest absolute Gasteiger partial charge is 0.257 e. The predicted octanol–water partition coefficient (Wildman–Crippen LogP) is 2.70. The average Bonchev–Trinajstić information content (AvgIpc) is 2.95. The lowest BCUT2D eigenvalue weighted by atomic mass is 9.87. The number of ether oxygens (including phenoxy) is 1. The van der Waals surface area contributed by atoms with Crippen molar-refractivity contribution in [3.05, 3.63) is 28.8 Å². The SMILES string of the molecule is Cc1ccc(Cl)c(OCC(=O)NCC2(CO)CCCC2)c1. The van der Waals surface area contributed by atoms with E-state index in [9.17, 15) is 9.90 Å². The first-order valence-electron chi connectivity index (χ1n) is 7.31. The zero-order chi connectivity index (χ0) is 15.3. The normalized spacial score (nSPS) is 16.7. The minimum atomic E-state index is -0.188. The molecule has 1 aromatic rings. The monoisotopic (exact) mass is 311 g/mol. The van der Waals surface area contributed by atoms with Gasteiger partial charge in [0.05, 0.1) is 11.6 Å². The molecule has 1 aliphatic carbocycles. The first-order valence-corrected chi connectivity index (χ1v) is 7.69. The van der Waals surface area contributed by atoms with E-state index in [0.29, 0.717) is 17.3 Å². The molecule has 0 heterocycles. The van der Waals surface area contributed by atoms with Crippen LogP contribution in [0.2, 0.25) is 5.02 Å². The molecule has 0 bridgehead atoms. The predicted molar refractivity (Wildman–Crippen MR) is 82.7 cm³/mol. The standard InChI is InChI=1S/C16H22ClNO3/c1-12-4-5-13(17)14(8-12)21-9-15(20)18-10-16(11-19)6-2-3-7-16/h4-5,8,19H,2-3,6-7,9-11H2,1H3,(H,18,20). The van der Waals surface area contributed by atoms with E-state index in [0.717, 1.165) is 31.2 Å². The highest BCUT2D eigenvalue weighted by molar-refractivity contribution is 6.32. The van der Waals surface area contributed by atoms with Crippen LogP contribution in [-0.2, 0) is 4.79 Å². The van der Waals surface area contributed by atoms with E-state index in [-0.39, 0.29) is 24.5 Å². The number of halogens is 1. The van der Waals surface area contributed by atoms with Crippen LogP contribution < -0.4 is 10.1 Å². The van der Waals surface area contributed by atoms with Gasteiger partial charge in [-0.15, -0.1) is 0 Å². The van der Waals surface area contributed by atoms with Gasteiger partial charge in [-0.3, -0.25) is 4.79 Å². The van der Waals surface area contributed by atoms with Gasteiger partial charge in [0.1, 0.15) is 5.75 Å². The van der Waals surface area contributed by atoms with E-state index >= 15 is 0 Å². The second-order valence-electron chi connectivity index (χ2n) is 5.86. The van der Waals surface area contributed by atoms with Gasteiger partial charge in [-0.05, 0) is 37.5 Å². The number of carbonyl (C=O) groups excluding carboxylic acids is 1. The van der Waals surface area contributed by atoms with Gasteiger partial charge >= 0.3 is 0 Å². The molecule has 5 heteroatoms. The number of aliphatic hydroxyl groups excluding tert-OH is 1. The Balaban J connectivity index is 1.81. The van der Waals surface area contributed by atoms with E-state index in [1.54, 1.807) is 6.07 Å². The van der Waals surface area contributed by atoms with E-state index < -0.39 is 0 Å². The Bertz CT molecular complexity index is 498.